The second-order valence-electron chi connectivity index (χ2n) is 7.81. The number of hydrogen-bond acceptors (Lipinski definition) is 3. The van der Waals surface area contributed by atoms with Crippen molar-refractivity contribution in [2.45, 2.75) is 12.4 Å². The number of rotatable bonds is 4. The third-order valence-corrected chi connectivity index (χ3v) is 6.92. The summed E-state index contributed by atoms with van der Waals surface area (Å²) < 4.78 is 83.4. The first-order valence-electron chi connectivity index (χ1n) is 10.3. The van der Waals surface area contributed by atoms with Gasteiger partial charge in [0.1, 0.15) is 0 Å². The Hall–Kier alpha value is -2.47. The highest BCUT2D eigenvalue weighted by Crippen LogP contribution is 2.42. The molecule has 2 aromatic carbocycles. The standard InChI is InChI=1S/C25H10Br2Cl2F6N2O/c26-13-1-3-19(28)15(7-13)17-5-11(9-36-22(17)24(30,31)32)21(38)12-6-18(23(37-10-12)25(33,34)35)16-8-14(27)2-4-20(16)29/h1-10H. The van der Waals surface area contributed by atoms with E-state index in [1.165, 1.54) is 36.4 Å². The molecule has 0 aliphatic carbocycles. The van der Waals surface area contributed by atoms with Crippen molar-refractivity contribution in [2.24, 2.45) is 0 Å². The summed E-state index contributed by atoms with van der Waals surface area (Å²) in [5.74, 6) is -0.910. The van der Waals surface area contributed by atoms with Gasteiger partial charge in [-0.3, -0.25) is 14.8 Å². The van der Waals surface area contributed by atoms with Gasteiger partial charge >= 0.3 is 12.4 Å². The number of alkyl halides is 6. The largest absolute Gasteiger partial charge is 0.433 e. The molecule has 2 heterocycles. The van der Waals surface area contributed by atoms with E-state index in [9.17, 15) is 31.1 Å². The van der Waals surface area contributed by atoms with Crippen LogP contribution in [-0.2, 0) is 12.4 Å². The molecule has 0 aliphatic heterocycles. The van der Waals surface area contributed by atoms with Crippen LogP contribution in [0.25, 0.3) is 22.3 Å². The summed E-state index contributed by atoms with van der Waals surface area (Å²) in [5.41, 5.74) is -4.30. The predicted molar refractivity (Wildman–Crippen MR) is 138 cm³/mol. The van der Waals surface area contributed by atoms with Crippen LogP contribution in [0.15, 0.2) is 69.9 Å². The van der Waals surface area contributed by atoms with Gasteiger partial charge in [0.2, 0.25) is 0 Å². The number of pyridine rings is 2. The molecule has 0 amide bonds. The Kier molecular flexibility index (Phi) is 7.96. The minimum absolute atomic E-state index is 0.0344. The molecule has 0 fully saturated rings. The van der Waals surface area contributed by atoms with Crippen LogP contribution in [-0.4, -0.2) is 15.8 Å². The third kappa shape index (κ3) is 5.90. The third-order valence-electron chi connectivity index (χ3n) is 5.27. The van der Waals surface area contributed by atoms with E-state index in [2.05, 4.69) is 41.8 Å². The summed E-state index contributed by atoms with van der Waals surface area (Å²) in [6.45, 7) is 0. The van der Waals surface area contributed by atoms with Gasteiger partial charge in [0, 0.05) is 64.8 Å². The zero-order valence-electron chi connectivity index (χ0n) is 18.4. The molecule has 196 valence electrons. The first-order chi connectivity index (χ1) is 17.7. The van der Waals surface area contributed by atoms with Gasteiger partial charge in [-0.05, 0) is 48.5 Å². The minimum Gasteiger partial charge on any atom is -0.288 e. The van der Waals surface area contributed by atoms with E-state index in [1.807, 2.05) is 0 Å². The smallest absolute Gasteiger partial charge is 0.288 e. The second-order valence-corrected chi connectivity index (χ2v) is 10.5. The zero-order valence-corrected chi connectivity index (χ0v) is 23.0. The van der Waals surface area contributed by atoms with E-state index >= 15 is 0 Å². The first-order valence-corrected chi connectivity index (χ1v) is 12.6. The van der Waals surface area contributed by atoms with Gasteiger partial charge in [-0.1, -0.05) is 55.1 Å². The van der Waals surface area contributed by atoms with Gasteiger partial charge < -0.3 is 0 Å². The monoisotopic (exact) mass is 696 g/mol. The van der Waals surface area contributed by atoms with Gasteiger partial charge in [0.15, 0.2) is 17.2 Å². The molecule has 0 unspecified atom stereocenters. The molecule has 38 heavy (non-hydrogen) atoms. The fourth-order valence-electron chi connectivity index (χ4n) is 3.61. The summed E-state index contributed by atoms with van der Waals surface area (Å²) in [5, 5.41) is -0.0687. The van der Waals surface area contributed by atoms with Crippen LogP contribution in [0.4, 0.5) is 26.3 Å². The van der Waals surface area contributed by atoms with Crippen molar-refractivity contribution in [1.82, 2.24) is 9.97 Å². The molecule has 0 saturated carbocycles. The Morgan fingerprint density at radius 1 is 0.632 bits per heavy atom. The maximum atomic E-state index is 13.8. The Labute approximate surface area is 238 Å². The lowest BCUT2D eigenvalue weighted by Gasteiger charge is -2.16. The molecule has 0 aliphatic rings. The summed E-state index contributed by atoms with van der Waals surface area (Å²) in [6.07, 6.45) is -8.37. The summed E-state index contributed by atoms with van der Waals surface area (Å²) in [4.78, 5) is 20.2. The number of halogens is 10. The summed E-state index contributed by atoms with van der Waals surface area (Å²) >= 11 is 18.6. The van der Waals surface area contributed by atoms with Crippen molar-refractivity contribution < 1.29 is 31.1 Å². The molecule has 0 radical (unpaired) electrons. The van der Waals surface area contributed by atoms with Crippen molar-refractivity contribution in [3.05, 3.63) is 102 Å². The fourth-order valence-corrected chi connectivity index (χ4v) is 4.78. The van der Waals surface area contributed by atoms with Crippen LogP contribution in [0, 0.1) is 0 Å². The van der Waals surface area contributed by atoms with Crippen molar-refractivity contribution in [1.29, 1.82) is 0 Å². The molecule has 4 rings (SSSR count). The molecule has 0 bridgehead atoms. The van der Waals surface area contributed by atoms with Crippen LogP contribution in [0.5, 0.6) is 0 Å². The highest BCUT2D eigenvalue weighted by Gasteiger charge is 2.38. The van der Waals surface area contributed by atoms with Crippen LogP contribution < -0.4 is 0 Å². The molecule has 0 spiro atoms. The van der Waals surface area contributed by atoms with Gasteiger partial charge in [-0.25, -0.2) is 0 Å². The number of aromatic nitrogens is 2. The second kappa shape index (κ2) is 10.6. The van der Waals surface area contributed by atoms with E-state index in [0.717, 1.165) is 12.1 Å². The van der Waals surface area contributed by atoms with Crippen molar-refractivity contribution >= 4 is 60.8 Å². The molecule has 3 nitrogen and oxygen atoms in total. The zero-order chi connectivity index (χ0) is 28.0. The summed E-state index contributed by atoms with van der Waals surface area (Å²) in [6, 6.07) is 10.3. The van der Waals surface area contributed by atoms with Crippen LogP contribution in [0.3, 0.4) is 0 Å². The van der Waals surface area contributed by atoms with E-state index in [0.29, 0.717) is 21.3 Å². The number of carbonyl (C=O) groups is 1. The summed E-state index contributed by atoms with van der Waals surface area (Å²) in [7, 11) is 0. The molecular formula is C25H10Br2Cl2F6N2O. The normalized spacial score (nSPS) is 12.1. The molecule has 0 saturated heterocycles. The van der Waals surface area contributed by atoms with Gasteiger partial charge in [-0.15, -0.1) is 0 Å². The first kappa shape index (κ1) is 28.5. The van der Waals surface area contributed by atoms with Crippen molar-refractivity contribution in [3.63, 3.8) is 0 Å². The molecule has 13 heteroatoms. The molecular weight excluding hydrogens is 689 g/mol. The number of nitrogens with zero attached hydrogens (tertiary/aromatic N) is 2. The lowest BCUT2D eigenvalue weighted by molar-refractivity contribution is -0.141. The lowest BCUT2D eigenvalue weighted by Crippen LogP contribution is -2.14. The van der Waals surface area contributed by atoms with Crippen molar-refractivity contribution in [3.8, 4) is 22.3 Å². The van der Waals surface area contributed by atoms with Gasteiger partial charge in [-0.2, -0.15) is 26.3 Å². The van der Waals surface area contributed by atoms with E-state index in [-0.39, 0.29) is 32.3 Å². The number of ketones is 1. The molecule has 4 aromatic rings. The predicted octanol–water partition coefficient (Wildman–Crippen LogP) is 9.91. The van der Waals surface area contributed by atoms with Crippen LogP contribution in [0.1, 0.15) is 27.3 Å². The maximum absolute atomic E-state index is 13.8. The molecule has 0 atom stereocenters. The van der Waals surface area contributed by atoms with Crippen molar-refractivity contribution in [2.75, 3.05) is 0 Å². The Morgan fingerprint density at radius 2 is 1.00 bits per heavy atom. The Morgan fingerprint density at radius 3 is 1.34 bits per heavy atom. The number of hydrogen-bond donors (Lipinski definition) is 0. The van der Waals surface area contributed by atoms with Gasteiger partial charge in [0.05, 0.1) is 0 Å². The quantitative estimate of drug-likeness (QED) is 0.157. The number of benzene rings is 2. The Balaban J connectivity index is 1.90. The average Bonchev–Trinajstić information content (AvgIpc) is 2.84. The van der Waals surface area contributed by atoms with Crippen LogP contribution in [0.2, 0.25) is 10.0 Å². The average molecular weight is 699 g/mol. The van der Waals surface area contributed by atoms with E-state index in [1.54, 1.807) is 0 Å². The SMILES string of the molecule is O=C(c1cnc(C(F)(F)F)c(-c2cc(Br)ccc2Cl)c1)c1cnc(C(F)(F)F)c(-c2cc(Br)ccc2Cl)c1. The maximum Gasteiger partial charge on any atom is 0.433 e. The number of carbonyl (C=O) groups excluding carboxylic acids is 1. The Bertz CT molecular complexity index is 1460. The van der Waals surface area contributed by atoms with E-state index < -0.39 is 40.7 Å². The molecule has 2 aromatic heterocycles. The highest BCUT2D eigenvalue weighted by molar-refractivity contribution is 9.10. The highest BCUT2D eigenvalue weighted by atomic mass is 79.9. The topological polar surface area (TPSA) is 42.9 Å². The minimum atomic E-state index is -4.89. The van der Waals surface area contributed by atoms with E-state index in [4.69, 9.17) is 23.2 Å². The van der Waals surface area contributed by atoms with Crippen LogP contribution >= 0.6 is 55.1 Å². The molecule has 0 N–H and O–H groups in total. The fraction of sp³-hybridized carbons (Fsp3) is 0.0800. The lowest BCUT2D eigenvalue weighted by atomic mass is 9.96. The van der Waals surface area contributed by atoms with Gasteiger partial charge in [0.25, 0.3) is 0 Å².